The molecular weight excluding hydrogens is 478 g/mol. The van der Waals surface area contributed by atoms with Crippen molar-refractivity contribution >= 4 is 5.97 Å². The lowest BCUT2D eigenvalue weighted by Gasteiger charge is -2.40. The molecular formula is C28H39NO8. The third kappa shape index (κ3) is 4.71. The number of hydrogen-bond donors (Lipinski definition) is 2. The molecule has 1 aromatic carbocycles. The minimum absolute atomic E-state index is 0.0502. The number of nitrogens with zero attached hydrogens (tertiary/aromatic N) is 1. The lowest BCUT2D eigenvalue weighted by molar-refractivity contribution is -0.176. The summed E-state index contributed by atoms with van der Waals surface area (Å²) < 4.78 is 28.6. The molecule has 1 aliphatic carbocycles. The number of rotatable bonds is 9. The van der Waals surface area contributed by atoms with Gasteiger partial charge in [-0.2, -0.15) is 0 Å². The first-order valence-electron chi connectivity index (χ1n) is 13.2. The van der Waals surface area contributed by atoms with Crippen molar-refractivity contribution in [2.24, 2.45) is 0 Å². The Hall–Kier alpha value is -2.33. The van der Waals surface area contributed by atoms with Crippen LogP contribution in [0.4, 0.5) is 0 Å². The highest BCUT2D eigenvalue weighted by molar-refractivity contribution is 5.80. The minimum atomic E-state index is -1.80. The summed E-state index contributed by atoms with van der Waals surface area (Å²) in [7, 11) is 3.12. The highest BCUT2D eigenvalue weighted by Gasteiger charge is 2.59. The second-order valence-corrected chi connectivity index (χ2v) is 11.4. The summed E-state index contributed by atoms with van der Waals surface area (Å²) in [4.78, 5) is 16.2. The molecule has 1 unspecified atom stereocenters. The predicted molar refractivity (Wildman–Crippen MR) is 134 cm³/mol. The molecule has 2 N–H and O–H groups in total. The van der Waals surface area contributed by atoms with E-state index in [-0.39, 0.29) is 44.1 Å². The van der Waals surface area contributed by atoms with Crippen molar-refractivity contribution < 1.29 is 38.7 Å². The Morgan fingerprint density at radius 2 is 1.89 bits per heavy atom. The van der Waals surface area contributed by atoms with Crippen molar-refractivity contribution in [2.75, 3.05) is 40.7 Å². The molecule has 1 fully saturated rings. The number of hydrogen-bond acceptors (Lipinski definition) is 9. The van der Waals surface area contributed by atoms with Gasteiger partial charge in [0, 0.05) is 26.7 Å². The summed E-state index contributed by atoms with van der Waals surface area (Å²) in [5.74, 6) is 1.07. The van der Waals surface area contributed by atoms with Crippen LogP contribution in [0, 0.1) is 0 Å². The number of benzene rings is 1. The Kier molecular flexibility index (Phi) is 6.94. The minimum Gasteiger partial charge on any atom is -0.497 e. The Labute approximate surface area is 218 Å². The van der Waals surface area contributed by atoms with E-state index in [0.717, 1.165) is 49.2 Å². The van der Waals surface area contributed by atoms with Crippen LogP contribution in [0.3, 0.4) is 0 Å². The van der Waals surface area contributed by atoms with Gasteiger partial charge >= 0.3 is 5.97 Å². The van der Waals surface area contributed by atoms with E-state index >= 15 is 0 Å². The van der Waals surface area contributed by atoms with Crippen LogP contribution in [0.15, 0.2) is 24.0 Å². The van der Waals surface area contributed by atoms with Crippen molar-refractivity contribution in [1.82, 2.24) is 4.90 Å². The fourth-order valence-electron chi connectivity index (χ4n) is 6.43. The molecule has 1 spiro atoms. The maximum atomic E-state index is 13.7. The molecule has 4 atom stereocenters. The number of methoxy groups -OCH3 is 2. The molecule has 0 radical (unpaired) electrons. The van der Waals surface area contributed by atoms with Crippen LogP contribution >= 0.6 is 0 Å². The van der Waals surface area contributed by atoms with Crippen LogP contribution in [0.1, 0.15) is 63.0 Å². The van der Waals surface area contributed by atoms with Crippen LogP contribution in [0.2, 0.25) is 0 Å². The third-order valence-corrected chi connectivity index (χ3v) is 8.45. The van der Waals surface area contributed by atoms with Gasteiger partial charge in [-0.25, -0.2) is 4.79 Å². The molecule has 1 aromatic rings. The van der Waals surface area contributed by atoms with Gasteiger partial charge in [0.2, 0.25) is 6.79 Å². The van der Waals surface area contributed by atoms with E-state index in [9.17, 15) is 15.0 Å². The standard InChI is InChI=1S/C28H39NO8/c1-26(2,31)8-9-28(32,10-13-33-3)25(30)37-24-22(34-4)16-27-7-5-11-29(27)12-6-18-14-20-21(36-17-35-20)15-19(18)23(24)27/h14-16,23-24,31-32H,5-13,17H2,1-4H3/t23-,24-,27+,28?/m1/s1. The quantitative estimate of drug-likeness (QED) is 0.478. The van der Waals surface area contributed by atoms with Crippen molar-refractivity contribution in [3.8, 4) is 11.5 Å². The highest BCUT2D eigenvalue weighted by atomic mass is 16.7. The molecule has 3 aliphatic heterocycles. The van der Waals surface area contributed by atoms with Gasteiger partial charge in [0.15, 0.2) is 23.2 Å². The normalized spacial score (nSPS) is 28.0. The number of ether oxygens (including phenoxy) is 5. The molecule has 1 saturated heterocycles. The summed E-state index contributed by atoms with van der Waals surface area (Å²) >= 11 is 0. The Morgan fingerprint density at radius 3 is 2.59 bits per heavy atom. The SMILES string of the molecule is COCCC(O)(CCC(C)(C)O)C(=O)O[C@@H]1C(OC)=C[C@]23CCCN2CCc2cc4c(cc2[C@H]13)OCO4. The number of fused-ring (bicyclic) bond motifs is 3. The van der Waals surface area contributed by atoms with Gasteiger partial charge in [0.25, 0.3) is 0 Å². The van der Waals surface area contributed by atoms with Crippen LogP contribution in [0.5, 0.6) is 11.5 Å². The average Bonchev–Trinajstić information content (AvgIpc) is 3.54. The van der Waals surface area contributed by atoms with Crippen LogP contribution < -0.4 is 9.47 Å². The van der Waals surface area contributed by atoms with E-state index in [2.05, 4.69) is 17.0 Å². The summed E-state index contributed by atoms with van der Waals surface area (Å²) in [5, 5.41) is 21.8. The highest BCUT2D eigenvalue weighted by Crippen LogP contribution is 2.55. The average molecular weight is 518 g/mol. The molecule has 0 aromatic heterocycles. The fourth-order valence-corrected chi connectivity index (χ4v) is 6.43. The summed E-state index contributed by atoms with van der Waals surface area (Å²) in [6, 6.07) is 4.08. The molecule has 9 heteroatoms. The van der Waals surface area contributed by atoms with E-state index in [1.165, 1.54) is 7.11 Å². The summed E-state index contributed by atoms with van der Waals surface area (Å²) in [6.45, 7) is 5.51. The number of aliphatic hydroxyl groups is 2. The molecule has 9 nitrogen and oxygen atoms in total. The lowest BCUT2D eigenvalue weighted by atomic mass is 9.77. The third-order valence-electron chi connectivity index (χ3n) is 8.45. The molecule has 5 rings (SSSR count). The first-order valence-corrected chi connectivity index (χ1v) is 13.2. The Bertz CT molecular complexity index is 1060. The second kappa shape index (κ2) is 9.76. The first-order chi connectivity index (χ1) is 17.6. The molecule has 37 heavy (non-hydrogen) atoms. The molecule has 3 heterocycles. The monoisotopic (exact) mass is 517 g/mol. The van der Waals surface area contributed by atoms with Crippen LogP contribution in [0.25, 0.3) is 0 Å². The lowest BCUT2D eigenvalue weighted by Crippen LogP contribution is -2.49. The van der Waals surface area contributed by atoms with Gasteiger partial charge < -0.3 is 33.9 Å². The predicted octanol–water partition coefficient (Wildman–Crippen LogP) is 2.66. The zero-order valence-electron chi connectivity index (χ0n) is 22.2. The van der Waals surface area contributed by atoms with Gasteiger partial charge in [-0.15, -0.1) is 0 Å². The number of esters is 1. The van der Waals surface area contributed by atoms with E-state index in [1.54, 1.807) is 21.0 Å². The number of carbonyl (C=O) groups is 1. The van der Waals surface area contributed by atoms with Gasteiger partial charge in [-0.05, 0) is 81.8 Å². The maximum absolute atomic E-state index is 13.7. The molecule has 0 bridgehead atoms. The van der Waals surface area contributed by atoms with Crippen LogP contribution in [-0.4, -0.2) is 84.6 Å². The largest absolute Gasteiger partial charge is 0.497 e. The van der Waals surface area contributed by atoms with E-state index in [4.69, 9.17) is 23.7 Å². The topological polar surface area (TPSA) is 107 Å². The summed E-state index contributed by atoms with van der Waals surface area (Å²) in [5.41, 5.74) is -0.989. The molecule has 0 amide bonds. The maximum Gasteiger partial charge on any atom is 0.338 e. The zero-order valence-corrected chi connectivity index (χ0v) is 22.2. The van der Waals surface area contributed by atoms with E-state index < -0.39 is 23.3 Å². The Balaban J connectivity index is 1.52. The fraction of sp³-hybridized carbons (Fsp3) is 0.679. The van der Waals surface area contributed by atoms with E-state index in [0.29, 0.717) is 11.5 Å². The Morgan fingerprint density at radius 1 is 1.14 bits per heavy atom. The van der Waals surface area contributed by atoms with Crippen molar-refractivity contribution in [3.63, 3.8) is 0 Å². The van der Waals surface area contributed by atoms with Gasteiger partial charge in [0.05, 0.1) is 24.2 Å². The van der Waals surface area contributed by atoms with E-state index in [1.807, 2.05) is 6.07 Å². The smallest absolute Gasteiger partial charge is 0.338 e. The van der Waals surface area contributed by atoms with Crippen molar-refractivity contribution in [3.05, 3.63) is 35.1 Å². The van der Waals surface area contributed by atoms with Gasteiger partial charge in [-0.3, -0.25) is 4.90 Å². The summed E-state index contributed by atoms with van der Waals surface area (Å²) in [6.07, 6.45) is 4.56. The second-order valence-electron chi connectivity index (χ2n) is 11.4. The van der Waals surface area contributed by atoms with Gasteiger partial charge in [0.1, 0.15) is 5.76 Å². The zero-order chi connectivity index (χ0) is 26.4. The number of carbonyl (C=O) groups excluding carboxylic acids is 1. The van der Waals surface area contributed by atoms with Crippen molar-refractivity contribution in [2.45, 2.75) is 81.1 Å². The van der Waals surface area contributed by atoms with Crippen LogP contribution in [-0.2, 0) is 25.4 Å². The van der Waals surface area contributed by atoms with Gasteiger partial charge in [-0.1, -0.05) is 0 Å². The first kappa shape index (κ1) is 26.3. The molecule has 4 aliphatic rings. The molecule has 204 valence electrons. The molecule has 0 saturated carbocycles. The van der Waals surface area contributed by atoms with Crippen molar-refractivity contribution in [1.29, 1.82) is 0 Å².